The van der Waals surface area contributed by atoms with Crippen LogP contribution in [0.5, 0.6) is 0 Å². The lowest BCUT2D eigenvalue weighted by molar-refractivity contribution is -0.172. The average Bonchev–Trinajstić information content (AvgIpc) is 3.07. The van der Waals surface area contributed by atoms with Crippen molar-refractivity contribution in [1.82, 2.24) is 4.90 Å². The number of hydrogen-bond donors (Lipinski definition) is 4. The van der Waals surface area contributed by atoms with Gasteiger partial charge < -0.3 is 20.4 Å². The molecule has 1 saturated heterocycles. The van der Waals surface area contributed by atoms with Crippen molar-refractivity contribution in [3.63, 3.8) is 0 Å². The molecule has 0 bridgehead atoms. The van der Waals surface area contributed by atoms with Crippen LogP contribution in [-0.4, -0.2) is 69.2 Å². The zero-order chi connectivity index (χ0) is 14.0. The topological polar surface area (TPSA) is 101 Å². The molecule has 106 valence electrons. The Hall–Kier alpha value is -0.690. The summed E-state index contributed by atoms with van der Waals surface area (Å²) in [5, 5.41) is 38.2. The van der Waals surface area contributed by atoms with Gasteiger partial charge in [0.05, 0.1) is 25.4 Å². The fourth-order valence-corrected chi connectivity index (χ4v) is 2.91. The SMILES string of the molecule is CCCC(CO)(N1CC1C)C(CO)(CO)C(=O)O. The zero-order valence-corrected chi connectivity index (χ0v) is 11.0. The Morgan fingerprint density at radius 3 is 2.00 bits per heavy atom. The first-order valence-electron chi connectivity index (χ1n) is 6.28. The fourth-order valence-electron chi connectivity index (χ4n) is 2.91. The Morgan fingerprint density at radius 1 is 1.28 bits per heavy atom. The minimum absolute atomic E-state index is 0.167. The maximum absolute atomic E-state index is 11.5. The number of aliphatic hydroxyl groups excluding tert-OH is 3. The van der Waals surface area contributed by atoms with Crippen LogP contribution in [0, 0.1) is 5.41 Å². The van der Waals surface area contributed by atoms with E-state index in [0.717, 1.165) is 0 Å². The minimum atomic E-state index is -1.73. The van der Waals surface area contributed by atoms with E-state index in [0.29, 0.717) is 19.4 Å². The van der Waals surface area contributed by atoms with Crippen LogP contribution in [0.4, 0.5) is 0 Å². The maximum atomic E-state index is 11.5. The summed E-state index contributed by atoms with van der Waals surface area (Å²) in [6, 6.07) is 0.167. The summed E-state index contributed by atoms with van der Waals surface area (Å²) in [7, 11) is 0. The number of carboxylic acids is 1. The molecule has 1 rings (SSSR count). The van der Waals surface area contributed by atoms with Gasteiger partial charge in [0.2, 0.25) is 0 Å². The third kappa shape index (κ3) is 2.03. The number of nitrogens with zero attached hydrogens (tertiary/aromatic N) is 1. The summed E-state index contributed by atoms with van der Waals surface area (Å²) < 4.78 is 0. The second-order valence-corrected chi connectivity index (χ2v) is 5.14. The summed E-state index contributed by atoms with van der Waals surface area (Å²) in [5.41, 5.74) is -2.83. The summed E-state index contributed by atoms with van der Waals surface area (Å²) in [6.45, 7) is 2.72. The normalized spacial score (nSPS) is 26.7. The molecule has 3 unspecified atom stereocenters. The number of hydrogen-bond acceptors (Lipinski definition) is 5. The van der Waals surface area contributed by atoms with Gasteiger partial charge in [-0.15, -0.1) is 0 Å². The molecule has 6 heteroatoms. The molecule has 3 atom stereocenters. The summed E-state index contributed by atoms with van der Waals surface area (Å²) >= 11 is 0. The second-order valence-electron chi connectivity index (χ2n) is 5.14. The molecule has 0 aliphatic carbocycles. The zero-order valence-electron chi connectivity index (χ0n) is 11.0. The van der Waals surface area contributed by atoms with Crippen molar-refractivity contribution in [1.29, 1.82) is 0 Å². The molecular weight excluding hydrogens is 238 g/mol. The van der Waals surface area contributed by atoms with Crippen molar-refractivity contribution in [3.05, 3.63) is 0 Å². The van der Waals surface area contributed by atoms with Gasteiger partial charge in [0.15, 0.2) is 0 Å². The van der Waals surface area contributed by atoms with Gasteiger partial charge in [-0.25, -0.2) is 0 Å². The molecule has 4 N–H and O–H groups in total. The number of rotatable bonds is 8. The van der Waals surface area contributed by atoms with Crippen LogP contribution < -0.4 is 0 Å². The number of carbonyl (C=O) groups is 1. The van der Waals surface area contributed by atoms with E-state index in [-0.39, 0.29) is 6.04 Å². The summed E-state index contributed by atoms with van der Waals surface area (Å²) in [5.74, 6) is -1.27. The number of carboxylic acid groups (broad SMARTS) is 1. The summed E-state index contributed by atoms with van der Waals surface area (Å²) in [4.78, 5) is 13.4. The van der Waals surface area contributed by atoms with Crippen molar-refractivity contribution in [2.45, 2.75) is 38.3 Å². The molecule has 18 heavy (non-hydrogen) atoms. The standard InChI is InChI=1S/C12H23NO5/c1-3-4-12(8-16,13-5-9(13)2)11(6-14,7-15)10(17)18/h9,14-16H,3-8H2,1-2H3,(H,17,18). The maximum Gasteiger partial charge on any atom is 0.316 e. The molecule has 0 saturated carbocycles. The lowest BCUT2D eigenvalue weighted by atomic mass is 9.67. The van der Waals surface area contributed by atoms with Crippen molar-refractivity contribution in [2.75, 3.05) is 26.4 Å². The molecule has 0 aromatic rings. The third-order valence-electron chi connectivity index (χ3n) is 4.17. The quantitative estimate of drug-likeness (QED) is 0.430. The van der Waals surface area contributed by atoms with Gasteiger partial charge in [-0.3, -0.25) is 9.69 Å². The molecule has 0 spiro atoms. The Labute approximate surface area is 107 Å². The molecule has 1 aliphatic rings. The molecule has 0 amide bonds. The predicted octanol–water partition coefficient (Wildman–Crippen LogP) is -0.723. The highest BCUT2D eigenvalue weighted by Gasteiger charge is 2.63. The Bertz CT molecular complexity index is 305. The third-order valence-corrected chi connectivity index (χ3v) is 4.17. The van der Waals surface area contributed by atoms with Gasteiger partial charge in [-0.2, -0.15) is 0 Å². The van der Waals surface area contributed by atoms with E-state index in [1.54, 1.807) is 0 Å². The predicted molar refractivity (Wildman–Crippen MR) is 65.1 cm³/mol. The van der Waals surface area contributed by atoms with E-state index >= 15 is 0 Å². The van der Waals surface area contributed by atoms with Crippen molar-refractivity contribution < 1.29 is 25.2 Å². The fraction of sp³-hybridized carbons (Fsp3) is 0.917. The smallest absolute Gasteiger partial charge is 0.316 e. The van der Waals surface area contributed by atoms with Crippen LogP contribution in [0.2, 0.25) is 0 Å². The highest BCUT2D eigenvalue weighted by Crippen LogP contribution is 2.45. The largest absolute Gasteiger partial charge is 0.481 e. The van der Waals surface area contributed by atoms with Crippen LogP contribution in [0.3, 0.4) is 0 Å². The van der Waals surface area contributed by atoms with Crippen LogP contribution in [0.15, 0.2) is 0 Å². The van der Waals surface area contributed by atoms with Crippen LogP contribution in [0.1, 0.15) is 26.7 Å². The number of aliphatic hydroxyl groups is 3. The Balaban J connectivity index is 3.25. The Kier molecular flexibility index (Phi) is 4.72. The van der Waals surface area contributed by atoms with E-state index in [1.807, 2.05) is 18.7 Å². The lowest BCUT2D eigenvalue weighted by Gasteiger charge is -2.46. The molecule has 1 heterocycles. The monoisotopic (exact) mass is 261 g/mol. The van der Waals surface area contributed by atoms with Gasteiger partial charge >= 0.3 is 5.97 Å². The van der Waals surface area contributed by atoms with Crippen LogP contribution >= 0.6 is 0 Å². The summed E-state index contributed by atoms with van der Waals surface area (Å²) in [6.07, 6.45) is 1.08. The minimum Gasteiger partial charge on any atom is -0.481 e. The van der Waals surface area contributed by atoms with E-state index < -0.39 is 36.7 Å². The van der Waals surface area contributed by atoms with Gasteiger partial charge in [0.25, 0.3) is 0 Å². The van der Waals surface area contributed by atoms with Gasteiger partial charge in [0.1, 0.15) is 5.41 Å². The lowest BCUT2D eigenvalue weighted by Crippen LogP contribution is -2.64. The molecule has 1 aliphatic heterocycles. The van der Waals surface area contributed by atoms with Crippen LogP contribution in [-0.2, 0) is 4.79 Å². The second kappa shape index (κ2) is 5.52. The molecule has 0 aromatic carbocycles. The number of aliphatic carboxylic acids is 1. The van der Waals surface area contributed by atoms with E-state index in [1.165, 1.54) is 0 Å². The molecule has 0 radical (unpaired) electrons. The van der Waals surface area contributed by atoms with Gasteiger partial charge in [-0.1, -0.05) is 13.3 Å². The van der Waals surface area contributed by atoms with Gasteiger partial charge in [-0.05, 0) is 13.3 Å². The molecule has 0 aromatic heterocycles. The van der Waals surface area contributed by atoms with E-state index in [9.17, 15) is 25.2 Å². The van der Waals surface area contributed by atoms with E-state index in [4.69, 9.17) is 0 Å². The average molecular weight is 261 g/mol. The Morgan fingerprint density at radius 2 is 1.78 bits per heavy atom. The van der Waals surface area contributed by atoms with Crippen molar-refractivity contribution >= 4 is 5.97 Å². The van der Waals surface area contributed by atoms with Gasteiger partial charge in [0, 0.05) is 12.6 Å². The first kappa shape index (κ1) is 15.4. The van der Waals surface area contributed by atoms with Crippen LogP contribution in [0.25, 0.3) is 0 Å². The highest BCUT2D eigenvalue weighted by atomic mass is 16.4. The highest BCUT2D eigenvalue weighted by molar-refractivity contribution is 5.77. The first-order valence-corrected chi connectivity index (χ1v) is 6.28. The molecule has 1 fully saturated rings. The first-order chi connectivity index (χ1) is 8.45. The van der Waals surface area contributed by atoms with E-state index in [2.05, 4.69) is 0 Å². The van der Waals surface area contributed by atoms with Crippen molar-refractivity contribution in [3.8, 4) is 0 Å². The van der Waals surface area contributed by atoms with Crippen molar-refractivity contribution in [2.24, 2.45) is 5.41 Å². The molecular formula is C12H23NO5. The molecule has 6 nitrogen and oxygen atoms in total.